The second kappa shape index (κ2) is 48.1. The summed E-state index contributed by atoms with van der Waals surface area (Å²) in [4.78, 5) is 126. The van der Waals surface area contributed by atoms with Crippen LogP contribution in [0.25, 0.3) is 0 Å². The number of amides is 6. The molecule has 0 unspecified atom stereocenters. The molecule has 46 heteroatoms. The molecule has 0 radical (unpaired) electrons. The van der Waals surface area contributed by atoms with Gasteiger partial charge in [0.1, 0.15) is 41.0 Å². The lowest BCUT2D eigenvalue weighted by Crippen LogP contribution is -2.38. The number of hydrogen-bond acceptors (Lipinski definition) is 27. The second-order valence-electron chi connectivity index (χ2n) is 32.9. The first kappa shape index (κ1) is 107. The zero-order valence-electron chi connectivity index (χ0n) is 74.9. The number of aryl methyl sites for hydroxylation is 2. The molecule has 4 saturated heterocycles. The van der Waals surface area contributed by atoms with Crippen molar-refractivity contribution < 1.29 is 125 Å². The smallest absolute Gasteiger partial charge is 0.414 e. The van der Waals surface area contributed by atoms with Crippen molar-refractivity contribution in [2.24, 2.45) is 10.8 Å². The molecule has 137 heavy (non-hydrogen) atoms. The van der Waals surface area contributed by atoms with E-state index < -0.39 is 121 Å². The highest BCUT2D eigenvalue weighted by atomic mass is 35.5. The molecular weight excluding hydrogens is 1880 g/mol. The molecule has 15 rings (SSSR count). The Hall–Kier alpha value is -13.7. The van der Waals surface area contributed by atoms with Gasteiger partial charge in [0.2, 0.25) is 0 Å². The van der Waals surface area contributed by atoms with Gasteiger partial charge < -0.3 is 69.1 Å². The maximum absolute atomic E-state index is 14.7. The van der Waals surface area contributed by atoms with Crippen LogP contribution >= 0.6 is 23.2 Å². The van der Waals surface area contributed by atoms with Gasteiger partial charge in [-0.05, 0) is 153 Å². The molecule has 7 aromatic rings. The van der Waals surface area contributed by atoms with Crippen molar-refractivity contribution in [3.8, 4) is 0 Å². The molecule has 6 aromatic carbocycles. The van der Waals surface area contributed by atoms with E-state index in [0.29, 0.717) is 6.54 Å². The number of alkyl carbamates (subject to hydrolysis) is 2. The number of carbonyl (C=O) groups excluding carboxylic acids is 10. The lowest BCUT2D eigenvalue weighted by Gasteiger charge is -2.24. The molecule has 6 N–H and O–H groups in total. The van der Waals surface area contributed by atoms with Gasteiger partial charge >= 0.3 is 36.6 Å². The van der Waals surface area contributed by atoms with Crippen LogP contribution in [0.2, 0.25) is 0 Å². The summed E-state index contributed by atoms with van der Waals surface area (Å²) in [6, 6.07) is 26.0. The third-order valence-corrected chi connectivity index (χ3v) is 21.8. The highest BCUT2D eigenvalue weighted by molar-refractivity contribution is 7.89. The second-order valence-corrected chi connectivity index (χ2v) is 35.7. The highest BCUT2D eigenvalue weighted by Gasteiger charge is 2.40. The summed E-state index contributed by atoms with van der Waals surface area (Å²) >= 11 is 11.0. The van der Waals surface area contributed by atoms with Gasteiger partial charge in [0.05, 0.1) is 107 Å². The van der Waals surface area contributed by atoms with Crippen LogP contribution in [0.4, 0.5) is 109 Å². The number of aromatic nitrogens is 3. The lowest BCUT2D eigenvalue weighted by atomic mass is 10.1. The molecule has 35 nitrogen and oxygen atoms in total. The fourth-order valence-electron chi connectivity index (χ4n) is 13.0. The van der Waals surface area contributed by atoms with Gasteiger partial charge in [-0.15, -0.1) is 5.10 Å². The molecule has 8 aliphatic heterocycles. The molecule has 0 spiro atoms. The zero-order chi connectivity index (χ0) is 99.2. The van der Waals surface area contributed by atoms with Crippen LogP contribution in [0.1, 0.15) is 98.4 Å². The van der Waals surface area contributed by atoms with Gasteiger partial charge in [0, 0.05) is 95.9 Å². The summed E-state index contributed by atoms with van der Waals surface area (Å²) in [5.41, 5.74) is 6.09. The van der Waals surface area contributed by atoms with Gasteiger partial charge in [0.15, 0.2) is 69.7 Å². The molecule has 0 aliphatic carbocycles. The molecule has 736 valence electrons. The predicted molar refractivity (Wildman–Crippen MR) is 492 cm³/mol. The average Bonchev–Trinajstić information content (AvgIpc) is 1.72. The molecule has 0 saturated carbocycles. The van der Waals surface area contributed by atoms with Gasteiger partial charge in [-0.2, -0.15) is 13.5 Å². The van der Waals surface area contributed by atoms with E-state index in [2.05, 4.69) is 36.2 Å². The van der Waals surface area contributed by atoms with Crippen LogP contribution in [0.3, 0.4) is 0 Å². The SMILES string of the molecule is C.C/C(=N\NS(=O)(=O)c1ccc(C)cc1)C(Cl)Cl.CC(C)(C)OC(=O)NC[C@H]1CN(c2ccc(N3C=CC(=O)CC3)c(F)c2F)C(=O)O1.CC(C)(C)OC(=O)NC[C@H]1CO1.Cc1cn(C[C@H]2CN(c3ccc(N4C=CC(=O)CC4)c(F)c3F)C(=O)O2)nn1.NC[C@H]1CN(c2ccc(N3C=CC(=O)CC3)c(F)c2F)C(=O)O1.O=C1C=CN(c2ccc(NC(=O)OCc3ccccc3)c(F)c2F)CC1. The number of hydrazone groups is 1. The molecule has 4 atom stereocenters. The topological polar surface area (TPSA) is 413 Å². The molecule has 4 fully saturated rings. The Morgan fingerprint density at radius 2 is 0.891 bits per heavy atom. The molecule has 8 aliphatic rings. The summed E-state index contributed by atoms with van der Waals surface area (Å²) in [5.74, 6) is -9.35. The van der Waals surface area contributed by atoms with Crippen LogP contribution in [-0.2, 0) is 75.5 Å². The Kier molecular flexibility index (Phi) is 37.6. The predicted octanol–water partition coefficient (Wildman–Crippen LogP) is 14.8. The monoisotopic (exact) mass is 1980 g/mol. The Labute approximate surface area is 793 Å². The quantitative estimate of drug-likeness (QED) is 0.0111. The number of anilines is 8. The summed E-state index contributed by atoms with van der Waals surface area (Å²) in [5, 5.41) is 18.6. The number of nitrogens with two attached hydrogens (primary N) is 1. The standard InChI is InChI=1S/C20H23F2N3O5.C19H16F2N2O3.C18H17F2N5O3.C15H15F2N3O3.C10H12Cl2N2O2S.C8H15NO3.CH4/c1-20(2,3)30-18(27)23-10-13-11-25(19(28)29-13)15-5-4-14(16(21)17(15)22)24-8-6-12(26)7-9-24;20-17-15(22-19(25)26-12-13-4-2-1-3-5-13)6-7-16(18(17)21)23-10-8-14(24)9-11-23;1-11-8-24(22-21-11)9-13-10-25(18(27)28-13)15-3-2-14(16(19)17(15)20)23-6-4-12(26)5-7-23;16-13-11(19-5-3-9(21)4-6-19)1-2-12(14(13)17)20-8-10(7-18)23-15(20)22;1-7-3-5-9(6-4-7)17(15,16)14-13-8(2)10(11)12;1-8(2,3)12-7(10)9-4-6-5-11-6;/h4-6,8,13H,7,9-11H2,1-3H3,(H,23,27);1-8,10H,9,11-12H2,(H,22,25);2-4,6,8,13H,5,7,9-10H2,1H3;1-3,5,10H,4,6-8,18H2;3-6,10,14H,1-2H3;6H,4-5H2,1-3H3,(H,9,10);1H4/b;;;;13-8+;;/t13-;;13-;10-;;6-;/m0.00.0./s1. The fourth-order valence-corrected chi connectivity index (χ4v) is 13.9. The normalized spacial score (nSPS) is 17.8. The third kappa shape index (κ3) is 30.9. The van der Waals surface area contributed by atoms with E-state index >= 15 is 0 Å². The van der Waals surface area contributed by atoms with Crippen molar-refractivity contribution in [3.05, 3.63) is 222 Å². The number of sulfonamides is 1. The molecule has 9 heterocycles. The third-order valence-electron chi connectivity index (χ3n) is 20.0. The van der Waals surface area contributed by atoms with E-state index in [0.717, 1.165) is 38.1 Å². The summed E-state index contributed by atoms with van der Waals surface area (Å²) in [7, 11) is -3.66. The number of nitrogens with zero attached hydrogens (tertiary/aromatic N) is 11. The van der Waals surface area contributed by atoms with Gasteiger partial charge in [-0.1, -0.05) is 83.9 Å². The van der Waals surface area contributed by atoms with Crippen LogP contribution in [0, 0.1) is 60.4 Å². The van der Waals surface area contributed by atoms with E-state index in [9.17, 15) is 91.5 Å². The molecular formula is C91H102Cl2F8N16O19S. The van der Waals surface area contributed by atoms with Crippen molar-refractivity contribution in [2.75, 3.05) is 112 Å². The van der Waals surface area contributed by atoms with E-state index in [1.54, 1.807) is 70.3 Å². The fraction of sp³-hybridized carbons (Fsp3) is 0.374. The number of nitrogens with one attached hydrogen (secondary N) is 4. The highest BCUT2D eigenvalue weighted by Crippen LogP contribution is 2.38. The number of epoxide rings is 1. The van der Waals surface area contributed by atoms with Crippen molar-refractivity contribution in [2.45, 2.75) is 154 Å². The summed E-state index contributed by atoms with van der Waals surface area (Å²) < 4.78 is 176. The van der Waals surface area contributed by atoms with Crippen LogP contribution in [0.15, 0.2) is 168 Å². The Morgan fingerprint density at radius 3 is 1.26 bits per heavy atom. The van der Waals surface area contributed by atoms with Gasteiger partial charge in [-0.3, -0.25) is 39.2 Å². The van der Waals surface area contributed by atoms with E-state index in [1.807, 2.05) is 33.8 Å². The van der Waals surface area contributed by atoms with Crippen LogP contribution in [0.5, 0.6) is 0 Å². The molecule has 6 amide bonds. The number of halogens is 10. The number of benzene rings is 6. The van der Waals surface area contributed by atoms with E-state index in [-0.39, 0.29) is 197 Å². The average molecular weight is 1980 g/mol. The van der Waals surface area contributed by atoms with Crippen LogP contribution in [-0.4, -0.2) is 201 Å². The minimum Gasteiger partial charge on any atom is -0.444 e. The minimum atomic E-state index is -3.66. The van der Waals surface area contributed by atoms with Crippen LogP contribution < -0.4 is 60.8 Å². The summed E-state index contributed by atoms with van der Waals surface area (Å²) in [6.07, 6.45) is 7.53. The first-order chi connectivity index (χ1) is 64.3. The number of hydrogen-bond donors (Lipinski definition) is 5. The maximum atomic E-state index is 14.7. The Bertz CT molecular complexity index is 5850. The molecule has 1 aromatic heterocycles. The van der Waals surface area contributed by atoms with Gasteiger partial charge in [0.25, 0.3) is 10.0 Å². The zero-order valence-corrected chi connectivity index (χ0v) is 77.2. The number of ether oxygens (including phenoxy) is 7. The Balaban J connectivity index is 0.000000187. The maximum Gasteiger partial charge on any atom is 0.414 e. The number of carbonyl (C=O) groups is 10. The first-order valence-corrected chi connectivity index (χ1v) is 44.5. The van der Waals surface area contributed by atoms with E-state index in [4.69, 9.17) is 62.1 Å². The number of ketones is 4. The van der Waals surface area contributed by atoms with Crippen molar-refractivity contribution in [3.63, 3.8) is 0 Å². The van der Waals surface area contributed by atoms with Crippen molar-refractivity contribution in [1.29, 1.82) is 0 Å². The number of rotatable bonds is 21. The first-order valence-electron chi connectivity index (χ1n) is 42.1. The summed E-state index contributed by atoms with van der Waals surface area (Å²) in [6.45, 7) is 18.6. The van der Waals surface area contributed by atoms with E-state index in [1.165, 1.54) is 141 Å². The van der Waals surface area contributed by atoms with Crippen molar-refractivity contribution in [1.82, 2.24) is 30.5 Å². The van der Waals surface area contributed by atoms with Gasteiger partial charge in [-0.25, -0.2) is 73.4 Å². The molecule has 0 bridgehead atoms. The number of alkyl halides is 2. The Morgan fingerprint density at radius 1 is 0.518 bits per heavy atom. The lowest BCUT2D eigenvalue weighted by molar-refractivity contribution is -0.115. The minimum absolute atomic E-state index is 0. The largest absolute Gasteiger partial charge is 0.444 e. The number of cyclic esters (lactones) is 3. The number of allylic oxidation sites excluding steroid dienone is 4. The van der Waals surface area contributed by atoms with Crippen molar-refractivity contribution >= 4 is 144 Å².